The van der Waals surface area contributed by atoms with Crippen LogP contribution in [-0.2, 0) is 9.53 Å². The maximum atomic E-state index is 12.1. The minimum absolute atomic E-state index is 0.140. The molecule has 122 valence electrons. The Labute approximate surface area is 142 Å². The molecule has 1 fully saturated rings. The normalized spacial score (nSPS) is 17.7. The van der Waals surface area contributed by atoms with Crippen LogP contribution in [0.1, 0.15) is 0 Å². The Morgan fingerprint density at radius 2 is 2.43 bits per heavy atom. The molecule has 6 nitrogen and oxygen atoms in total. The summed E-state index contributed by atoms with van der Waals surface area (Å²) in [6, 6.07) is 5.12. The highest BCUT2D eigenvalue weighted by atomic mass is 35.5. The first-order chi connectivity index (χ1) is 11.2. The van der Waals surface area contributed by atoms with Crippen LogP contribution >= 0.6 is 22.9 Å². The number of morpholine rings is 1. The number of amides is 1. The van der Waals surface area contributed by atoms with Gasteiger partial charge in [0.1, 0.15) is 11.8 Å². The van der Waals surface area contributed by atoms with E-state index in [1.807, 2.05) is 11.4 Å². The van der Waals surface area contributed by atoms with Gasteiger partial charge in [-0.25, -0.2) is 4.98 Å². The zero-order valence-electron chi connectivity index (χ0n) is 12.5. The second-order valence-corrected chi connectivity index (χ2v) is 6.22. The Hall–Kier alpha value is -1.67. The van der Waals surface area contributed by atoms with Gasteiger partial charge in [-0.2, -0.15) is 0 Å². The number of anilines is 1. The molecule has 2 N–H and O–H groups in total. The predicted octanol–water partition coefficient (Wildman–Crippen LogP) is 2.40. The highest BCUT2D eigenvalue weighted by Crippen LogP contribution is 2.31. The number of ether oxygens (including phenoxy) is 2. The highest BCUT2D eigenvalue weighted by molar-refractivity contribution is 7.14. The minimum atomic E-state index is -0.341. The average molecular weight is 354 g/mol. The third kappa shape index (κ3) is 3.81. The van der Waals surface area contributed by atoms with Crippen molar-refractivity contribution in [2.75, 3.05) is 32.2 Å². The molecule has 0 spiro atoms. The molecule has 8 heteroatoms. The first-order valence-electron chi connectivity index (χ1n) is 7.09. The van der Waals surface area contributed by atoms with Gasteiger partial charge in [-0.15, -0.1) is 11.3 Å². The molecule has 1 aliphatic rings. The van der Waals surface area contributed by atoms with Gasteiger partial charge in [-0.1, -0.05) is 11.6 Å². The molecular formula is C15H16ClN3O3S. The highest BCUT2D eigenvalue weighted by Gasteiger charge is 2.22. The van der Waals surface area contributed by atoms with Gasteiger partial charge in [0.05, 0.1) is 31.0 Å². The fourth-order valence-electron chi connectivity index (χ4n) is 2.22. The molecule has 23 heavy (non-hydrogen) atoms. The van der Waals surface area contributed by atoms with Gasteiger partial charge in [0.15, 0.2) is 5.13 Å². The Morgan fingerprint density at radius 1 is 1.57 bits per heavy atom. The number of halogens is 1. The fourth-order valence-corrected chi connectivity index (χ4v) is 3.20. The number of nitrogens with zero attached hydrogens (tertiary/aromatic N) is 1. The van der Waals surface area contributed by atoms with E-state index in [1.165, 1.54) is 11.3 Å². The molecule has 0 bridgehead atoms. The Morgan fingerprint density at radius 3 is 3.13 bits per heavy atom. The van der Waals surface area contributed by atoms with Crippen LogP contribution in [0.4, 0.5) is 5.13 Å². The summed E-state index contributed by atoms with van der Waals surface area (Å²) in [6.07, 6.45) is 0. The summed E-state index contributed by atoms with van der Waals surface area (Å²) >= 11 is 7.50. The lowest BCUT2D eigenvalue weighted by atomic mass is 10.2. The molecular weight excluding hydrogens is 338 g/mol. The van der Waals surface area contributed by atoms with Gasteiger partial charge in [0.2, 0.25) is 5.91 Å². The summed E-state index contributed by atoms with van der Waals surface area (Å²) < 4.78 is 10.4. The van der Waals surface area contributed by atoms with Crippen molar-refractivity contribution >= 4 is 34.0 Å². The van der Waals surface area contributed by atoms with E-state index in [4.69, 9.17) is 21.1 Å². The van der Waals surface area contributed by atoms with Crippen LogP contribution in [0.3, 0.4) is 0 Å². The molecule has 1 amide bonds. The molecule has 1 atom stereocenters. The smallest absolute Gasteiger partial charge is 0.245 e. The van der Waals surface area contributed by atoms with Crippen molar-refractivity contribution in [2.45, 2.75) is 6.04 Å². The van der Waals surface area contributed by atoms with Gasteiger partial charge >= 0.3 is 0 Å². The summed E-state index contributed by atoms with van der Waals surface area (Å²) in [6.45, 7) is 1.67. The van der Waals surface area contributed by atoms with Crippen molar-refractivity contribution in [3.8, 4) is 17.0 Å². The van der Waals surface area contributed by atoms with Crippen molar-refractivity contribution in [3.63, 3.8) is 0 Å². The van der Waals surface area contributed by atoms with Crippen LogP contribution in [0.2, 0.25) is 5.02 Å². The number of aromatic nitrogens is 1. The molecule has 1 saturated heterocycles. The van der Waals surface area contributed by atoms with Crippen molar-refractivity contribution in [3.05, 3.63) is 28.6 Å². The van der Waals surface area contributed by atoms with E-state index in [9.17, 15) is 4.79 Å². The zero-order chi connectivity index (χ0) is 16.2. The number of thiazole rings is 1. The van der Waals surface area contributed by atoms with Gasteiger partial charge < -0.3 is 20.1 Å². The SMILES string of the molecule is COc1ccc(-c2csc(NC(=O)C3COCCN3)n2)cc1Cl. The van der Waals surface area contributed by atoms with E-state index in [0.29, 0.717) is 35.7 Å². The molecule has 0 saturated carbocycles. The van der Waals surface area contributed by atoms with E-state index in [0.717, 1.165) is 11.3 Å². The third-order valence-electron chi connectivity index (χ3n) is 3.42. The largest absolute Gasteiger partial charge is 0.495 e. The Balaban J connectivity index is 1.70. The number of methoxy groups -OCH3 is 1. The first-order valence-corrected chi connectivity index (χ1v) is 8.34. The Kier molecular flexibility index (Phi) is 5.12. The lowest BCUT2D eigenvalue weighted by Crippen LogP contribution is -2.48. The number of carbonyl (C=O) groups is 1. The second-order valence-electron chi connectivity index (χ2n) is 4.96. The standard InChI is InChI=1S/C15H16ClN3O3S/c1-21-13-3-2-9(6-10(13)16)12-8-23-15(18-12)19-14(20)11-7-22-5-4-17-11/h2-3,6,8,11,17H,4-5,7H2,1H3,(H,18,19,20). The average Bonchev–Trinajstić information content (AvgIpc) is 3.04. The lowest BCUT2D eigenvalue weighted by Gasteiger charge is -2.22. The van der Waals surface area contributed by atoms with Crippen molar-refractivity contribution < 1.29 is 14.3 Å². The van der Waals surface area contributed by atoms with Crippen LogP contribution in [0, 0.1) is 0 Å². The van der Waals surface area contributed by atoms with Crippen molar-refractivity contribution in [2.24, 2.45) is 0 Å². The third-order valence-corrected chi connectivity index (χ3v) is 4.47. The van der Waals surface area contributed by atoms with Crippen molar-refractivity contribution in [1.29, 1.82) is 0 Å². The van der Waals surface area contributed by atoms with Crippen molar-refractivity contribution in [1.82, 2.24) is 10.3 Å². The molecule has 1 aliphatic heterocycles. The summed E-state index contributed by atoms with van der Waals surface area (Å²) in [5.41, 5.74) is 1.62. The van der Waals surface area contributed by atoms with Gasteiger partial charge in [-0.05, 0) is 18.2 Å². The van der Waals surface area contributed by atoms with Crippen LogP contribution in [0.15, 0.2) is 23.6 Å². The summed E-state index contributed by atoms with van der Waals surface area (Å²) in [7, 11) is 1.57. The van der Waals surface area contributed by atoms with Gasteiger partial charge in [0.25, 0.3) is 0 Å². The predicted molar refractivity (Wildman–Crippen MR) is 90.4 cm³/mol. The quantitative estimate of drug-likeness (QED) is 0.883. The molecule has 0 radical (unpaired) electrons. The minimum Gasteiger partial charge on any atom is -0.495 e. The molecule has 1 unspecified atom stereocenters. The summed E-state index contributed by atoms with van der Waals surface area (Å²) in [4.78, 5) is 16.6. The van der Waals surface area contributed by atoms with Crippen LogP contribution < -0.4 is 15.4 Å². The molecule has 2 aromatic rings. The maximum Gasteiger partial charge on any atom is 0.245 e. The van der Waals surface area contributed by atoms with Gasteiger partial charge in [-0.3, -0.25) is 4.79 Å². The van der Waals surface area contributed by atoms with Crippen LogP contribution in [0.25, 0.3) is 11.3 Å². The first kappa shape index (κ1) is 16.2. The maximum absolute atomic E-state index is 12.1. The van der Waals surface area contributed by atoms with Crippen LogP contribution in [0.5, 0.6) is 5.75 Å². The number of hydrogen-bond acceptors (Lipinski definition) is 6. The monoisotopic (exact) mass is 353 g/mol. The topological polar surface area (TPSA) is 72.5 Å². The molecule has 1 aromatic heterocycles. The van der Waals surface area contributed by atoms with E-state index < -0.39 is 0 Å². The number of hydrogen-bond donors (Lipinski definition) is 2. The number of nitrogens with one attached hydrogen (secondary N) is 2. The lowest BCUT2D eigenvalue weighted by molar-refractivity contribution is -0.120. The number of rotatable bonds is 4. The van der Waals surface area contributed by atoms with E-state index in [1.54, 1.807) is 19.2 Å². The van der Waals surface area contributed by atoms with E-state index >= 15 is 0 Å². The van der Waals surface area contributed by atoms with E-state index in [-0.39, 0.29) is 11.9 Å². The fraction of sp³-hybridized carbons (Fsp3) is 0.333. The number of carbonyl (C=O) groups excluding carboxylic acids is 1. The molecule has 2 heterocycles. The second kappa shape index (κ2) is 7.27. The molecule has 1 aromatic carbocycles. The summed E-state index contributed by atoms with van der Waals surface area (Å²) in [5.74, 6) is 0.473. The van der Waals surface area contributed by atoms with Gasteiger partial charge in [0, 0.05) is 17.5 Å². The zero-order valence-corrected chi connectivity index (χ0v) is 14.0. The number of benzene rings is 1. The molecule has 0 aliphatic carbocycles. The van der Waals surface area contributed by atoms with Crippen LogP contribution in [-0.4, -0.2) is 43.8 Å². The van der Waals surface area contributed by atoms with E-state index in [2.05, 4.69) is 15.6 Å². The Bertz CT molecular complexity index is 701. The summed E-state index contributed by atoms with van der Waals surface area (Å²) in [5, 5.41) is 8.85. The molecule has 3 rings (SSSR count).